The summed E-state index contributed by atoms with van der Waals surface area (Å²) in [6, 6.07) is 7.69. The maximum absolute atomic E-state index is 12.9. The molecule has 0 aliphatic carbocycles. The van der Waals surface area contributed by atoms with E-state index >= 15 is 0 Å². The fourth-order valence-corrected chi connectivity index (χ4v) is 4.66. The maximum Gasteiger partial charge on any atom is 0.267 e. The van der Waals surface area contributed by atoms with Crippen LogP contribution in [-0.4, -0.2) is 25.2 Å². The monoisotopic (exact) mass is 291 g/mol. The van der Waals surface area contributed by atoms with Crippen LogP contribution in [0, 0.1) is 13.8 Å². The molecule has 0 unspecified atom stereocenters. The molecule has 6 heteroatoms. The molecule has 20 heavy (non-hydrogen) atoms. The summed E-state index contributed by atoms with van der Waals surface area (Å²) >= 11 is 0. The zero-order valence-electron chi connectivity index (χ0n) is 11.5. The molecule has 5 nitrogen and oxygen atoms in total. The van der Waals surface area contributed by atoms with Gasteiger partial charge in [0.05, 0.1) is 17.1 Å². The number of para-hydroxylation sites is 1. The van der Waals surface area contributed by atoms with Crippen LogP contribution >= 0.6 is 0 Å². The van der Waals surface area contributed by atoms with Gasteiger partial charge in [0.1, 0.15) is 4.90 Å². The van der Waals surface area contributed by atoms with E-state index in [2.05, 4.69) is 10.2 Å². The topological polar surface area (TPSA) is 66.1 Å². The number of hydrogen-bond acceptors (Lipinski definition) is 3. The first-order valence-corrected chi connectivity index (χ1v) is 8.08. The van der Waals surface area contributed by atoms with E-state index in [0.717, 1.165) is 24.1 Å². The van der Waals surface area contributed by atoms with Crippen molar-refractivity contribution in [1.29, 1.82) is 0 Å². The van der Waals surface area contributed by atoms with Gasteiger partial charge in [-0.15, -0.1) is 0 Å². The van der Waals surface area contributed by atoms with Crippen LogP contribution in [-0.2, 0) is 16.4 Å². The Morgan fingerprint density at radius 1 is 1.25 bits per heavy atom. The second-order valence-electron chi connectivity index (χ2n) is 5.07. The van der Waals surface area contributed by atoms with Crippen LogP contribution in [0.25, 0.3) is 0 Å². The molecule has 0 spiro atoms. The standard InChI is InChI=1S/C14H17N3O2S/c1-10-14(11(2)16-15-10)20(18,19)17-9-5-7-12-6-3-4-8-13(12)17/h3-4,6,8H,5,7,9H2,1-2H3,(H,15,16). The Kier molecular flexibility index (Phi) is 3.05. The quantitative estimate of drug-likeness (QED) is 0.922. The molecule has 2 heterocycles. The zero-order valence-corrected chi connectivity index (χ0v) is 12.4. The number of H-pyrrole nitrogens is 1. The highest BCUT2D eigenvalue weighted by molar-refractivity contribution is 7.93. The Hall–Kier alpha value is -1.82. The molecule has 1 aliphatic heterocycles. The van der Waals surface area contributed by atoms with Crippen molar-refractivity contribution in [1.82, 2.24) is 10.2 Å². The van der Waals surface area contributed by atoms with Crippen LogP contribution in [0.4, 0.5) is 5.69 Å². The van der Waals surface area contributed by atoms with Crippen LogP contribution in [0.3, 0.4) is 0 Å². The van der Waals surface area contributed by atoms with Crippen molar-refractivity contribution in [2.45, 2.75) is 31.6 Å². The summed E-state index contributed by atoms with van der Waals surface area (Å²) in [4.78, 5) is 0.300. The fraction of sp³-hybridized carbons (Fsp3) is 0.357. The van der Waals surface area contributed by atoms with Crippen molar-refractivity contribution in [2.24, 2.45) is 0 Å². The second-order valence-corrected chi connectivity index (χ2v) is 6.87. The van der Waals surface area contributed by atoms with Crippen molar-refractivity contribution < 1.29 is 8.42 Å². The van der Waals surface area contributed by atoms with Crippen LogP contribution in [0.1, 0.15) is 23.4 Å². The highest BCUT2D eigenvalue weighted by Gasteiger charge is 2.32. The number of nitrogens with zero attached hydrogens (tertiary/aromatic N) is 2. The average molecular weight is 291 g/mol. The first-order valence-electron chi connectivity index (χ1n) is 6.64. The molecule has 0 fully saturated rings. The predicted octanol–water partition coefficient (Wildman–Crippen LogP) is 2.17. The number of nitrogens with one attached hydrogen (secondary N) is 1. The minimum absolute atomic E-state index is 0.300. The van der Waals surface area contributed by atoms with Crippen molar-refractivity contribution >= 4 is 15.7 Å². The SMILES string of the molecule is Cc1n[nH]c(C)c1S(=O)(=O)N1CCCc2ccccc21. The number of anilines is 1. The highest BCUT2D eigenvalue weighted by Crippen LogP contribution is 2.33. The Morgan fingerprint density at radius 2 is 2.00 bits per heavy atom. The number of aromatic nitrogens is 2. The van der Waals surface area contributed by atoms with Gasteiger partial charge in [-0.1, -0.05) is 18.2 Å². The van der Waals surface area contributed by atoms with Gasteiger partial charge < -0.3 is 0 Å². The summed E-state index contributed by atoms with van der Waals surface area (Å²) < 4.78 is 27.3. The Morgan fingerprint density at radius 3 is 2.70 bits per heavy atom. The lowest BCUT2D eigenvalue weighted by Crippen LogP contribution is -2.36. The zero-order chi connectivity index (χ0) is 14.3. The highest BCUT2D eigenvalue weighted by atomic mass is 32.2. The average Bonchev–Trinajstić information content (AvgIpc) is 2.78. The molecule has 1 aliphatic rings. The van der Waals surface area contributed by atoms with E-state index in [9.17, 15) is 8.42 Å². The number of aryl methyl sites for hydroxylation is 3. The van der Waals surface area contributed by atoms with Crippen molar-refractivity contribution in [2.75, 3.05) is 10.8 Å². The number of benzene rings is 1. The van der Waals surface area contributed by atoms with Gasteiger partial charge in [0.25, 0.3) is 10.0 Å². The normalized spacial score (nSPS) is 15.2. The third-order valence-corrected chi connectivity index (χ3v) is 5.75. The van der Waals surface area contributed by atoms with Crippen LogP contribution < -0.4 is 4.31 Å². The van der Waals surface area contributed by atoms with Gasteiger partial charge in [-0.25, -0.2) is 8.42 Å². The van der Waals surface area contributed by atoms with Gasteiger partial charge >= 0.3 is 0 Å². The number of hydrogen-bond donors (Lipinski definition) is 1. The number of fused-ring (bicyclic) bond motifs is 1. The minimum atomic E-state index is -3.55. The number of rotatable bonds is 2. The third kappa shape index (κ3) is 1.91. The summed E-state index contributed by atoms with van der Waals surface area (Å²) in [6.45, 7) is 3.97. The van der Waals surface area contributed by atoms with Gasteiger partial charge in [0.15, 0.2) is 0 Å². The van der Waals surface area contributed by atoms with Crippen molar-refractivity contribution in [3.63, 3.8) is 0 Å². The smallest absolute Gasteiger partial charge is 0.267 e. The van der Waals surface area contributed by atoms with Crippen LogP contribution in [0.15, 0.2) is 29.2 Å². The Labute approximate surface area is 118 Å². The van der Waals surface area contributed by atoms with Crippen LogP contribution in [0.5, 0.6) is 0 Å². The molecule has 3 rings (SSSR count). The van der Waals surface area contributed by atoms with E-state index in [0.29, 0.717) is 22.8 Å². The van der Waals surface area contributed by atoms with Gasteiger partial charge in [-0.2, -0.15) is 5.10 Å². The van der Waals surface area contributed by atoms with Crippen molar-refractivity contribution in [3.05, 3.63) is 41.2 Å². The lowest BCUT2D eigenvalue weighted by atomic mass is 10.0. The van der Waals surface area contributed by atoms with Gasteiger partial charge in [-0.3, -0.25) is 9.40 Å². The lowest BCUT2D eigenvalue weighted by molar-refractivity contribution is 0.585. The van der Waals surface area contributed by atoms with E-state index < -0.39 is 10.0 Å². The third-order valence-electron chi connectivity index (χ3n) is 3.68. The molecule has 1 N–H and O–H groups in total. The van der Waals surface area contributed by atoms with Crippen molar-refractivity contribution in [3.8, 4) is 0 Å². The maximum atomic E-state index is 12.9. The first-order chi connectivity index (χ1) is 9.51. The summed E-state index contributed by atoms with van der Waals surface area (Å²) in [7, 11) is -3.55. The molecule has 0 radical (unpaired) electrons. The summed E-state index contributed by atoms with van der Waals surface area (Å²) in [5, 5.41) is 6.75. The second kappa shape index (κ2) is 4.63. The molecule has 0 atom stereocenters. The molecule has 1 aromatic carbocycles. The molecule has 0 amide bonds. The molecular formula is C14H17N3O2S. The van der Waals surface area contributed by atoms with E-state index in [1.54, 1.807) is 13.8 Å². The molecule has 0 bridgehead atoms. The van der Waals surface area contributed by atoms with E-state index in [1.165, 1.54) is 4.31 Å². The minimum Gasteiger partial charge on any atom is -0.281 e. The van der Waals surface area contributed by atoms with E-state index in [4.69, 9.17) is 0 Å². The fourth-order valence-electron chi connectivity index (χ4n) is 2.78. The number of aromatic amines is 1. The molecule has 0 saturated heterocycles. The summed E-state index contributed by atoms with van der Waals surface area (Å²) in [5.41, 5.74) is 2.98. The predicted molar refractivity (Wildman–Crippen MR) is 77.4 cm³/mol. The summed E-state index contributed by atoms with van der Waals surface area (Å²) in [5.74, 6) is 0. The molecule has 1 aromatic heterocycles. The molecular weight excluding hydrogens is 274 g/mol. The molecule has 0 saturated carbocycles. The Bertz CT molecular complexity index is 730. The largest absolute Gasteiger partial charge is 0.281 e. The Balaban J connectivity index is 2.15. The first kappa shape index (κ1) is 13.2. The van der Waals surface area contributed by atoms with E-state index in [1.807, 2.05) is 24.3 Å². The lowest BCUT2D eigenvalue weighted by Gasteiger charge is -2.30. The van der Waals surface area contributed by atoms with Gasteiger partial charge in [0.2, 0.25) is 0 Å². The van der Waals surface area contributed by atoms with Gasteiger partial charge in [0, 0.05) is 6.54 Å². The van der Waals surface area contributed by atoms with Crippen LogP contribution in [0.2, 0.25) is 0 Å². The summed E-state index contributed by atoms with van der Waals surface area (Å²) in [6.07, 6.45) is 1.76. The molecule has 106 valence electrons. The van der Waals surface area contributed by atoms with E-state index in [-0.39, 0.29) is 0 Å². The van der Waals surface area contributed by atoms with Gasteiger partial charge in [-0.05, 0) is 38.3 Å². The molecule has 2 aromatic rings. The number of sulfonamides is 1.